The average Bonchev–Trinajstić information content (AvgIpc) is 2.78. The van der Waals surface area contributed by atoms with Gasteiger partial charge in [0.2, 0.25) is 0 Å². The lowest BCUT2D eigenvalue weighted by molar-refractivity contribution is 0.0243. The molecule has 1 aromatic carbocycles. The highest BCUT2D eigenvalue weighted by Crippen LogP contribution is 2.29. The zero-order chi connectivity index (χ0) is 22.5. The quantitative estimate of drug-likeness (QED) is 0.311. The van der Waals surface area contributed by atoms with Gasteiger partial charge in [0.25, 0.3) is 0 Å². The minimum atomic E-state index is 0.131. The third kappa shape index (κ3) is 8.73. The second-order valence-electron chi connectivity index (χ2n) is 7.98. The number of Topliss-reactive ketones (excluding diaryl/α,β-unsaturated/α-hetero) is 1. The van der Waals surface area contributed by atoms with Gasteiger partial charge in [-0.2, -0.15) is 0 Å². The molecule has 1 aliphatic heterocycles. The van der Waals surface area contributed by atoms with Crippen LogP contribution in [0.4, 0.5) is 0 Å². The zero-order valence-corrected chi connectivity index (χ0v) is 19.7. The van der Waals surface area contributed by atoms with Crippen molar-refractivity contribution < 1.29 is 19.0 Å². The van der Waals surface area contributed by atoms with Crippen LogP contribution in [0.25, 0.3) is 5.57 Å². The molecule has 0 spiro atoms. The topological polar surface area (TPSA) is 51.2 Å². The van der Waals surface area contributed by atoms with Crippen LogP contribution in [0, 0.1) is 0 Å². The summed E-state index contributed by atoms with van der Waals surface area (Å²) >= 11 is 0. The van der Waals surface area contributed by atoms with Crippen molar-refractivity contribution in [1.29, 1.82) is 0 Å². The van der Waals surface area contributed by atoms with E-state index in [1.54, 1.807) is 0 Å². The van der Waals surface area contributed by atoms with E-state index in [1.165, 1.54) is 0 Å². The van der Waals surface area contributed by atoms with Gasteiger partial charge in [-0.05, 0) is 31.5 Å². The van der Waals surface area contributed by atoms with E-state index in [0.717, 1.165) is 63.4 Å². The van der Waals surface area contributed by atoms with Gasteiger partial charge in [-0.3, -0.25) is 9.69 Å². The number of hydrogen-bond donors (Lipinski definition) is 0. The molecule has 174 valence electrons. The molecule has 0 aliphatic carbocycles. The highest BCUT2D eigenvalue weighted by Gasteiger charge is 2.16. The molecule has 1 aromatic rings. The Balaban J connectivity index is 1.61. The number of allylic oxidation sites excluding steroid dienone is 1. The Kier molecular flexibility index (Phi) is 11.8. The molecule has 0 radical (unpaired) electrons. The third-order valence-corrected chi connectivity index (χ3v) is 5.55. The van der Waals surface area contributed by atoms with E-state index in [9.17, 15) is 4.79 Å². The second kappa shape index (κ2) is 14.4. The molecular weight excluding hydrogens is 392 g/mol. The lowest BCUT2D eigenvalue weighted by Gasteiger charge is -2.33. The van der Waals surface area contributed by atoms with Crippen molar-refractivity contribution in [3.63, 3.8) is 0 Å². The number of carbonyl (C=O) groups excluding carboxylic acids is 1. The summed E-state index contributed by atoms with van der Waals surface area (Å²) in [6, 6.07) is 5.60. The number of hydrogen-bond acceptors (Lipinski definition) is 6. The van der Waals surface area contributed by atoms with Crippen LogP contribution in [0.5, 0.6) is 5.75 Å². The molecule has 0 saturated carbocycles. The Hall–Kier alpha value is -1.73. The monoisotopic (exact) mass is 432 g/mol. The Bertz CT molecular complexity index is 684. The molecule has 1 heterocycles. The normalized spacial score (nSPS) is 15.2. The first-order valence-corrected chi connectivity index (χ1v) is 11.6. The number of carbonyl (C=O) groups is 1. The fourth-order valence-electron chi connectivity index (χ4n) is 3.74. The van der Waals surface area contributed by atoms with E-state index in [1.807, 2.05) is 32.0 Å². The molecule has 0 N–H and O–H groups in total. The van der Waals surface area contributed by atoms with E-state index in [2.05, 4.69) is 23.3 Å². The van der Waals surface area contributed by atoms with Crippen LogP contribution in [-0.2, 0) is 9.47 Å². The summed E-state index contributed by atoms with van der Waals surface area (Å²) in [6.07, 6.45) is 1.35. The summed E-state index contributed by atoms with van der Waals surface area (Å²) in [7, 11) is 0. The van der Waals surface area contributed by atoms with E-state index in [-0.39, 0.29) is 5.78 Å². The Morgan fingerprint density at radius 2 is 1.61 bits per heavy atom. The molecule has 31 heavy (non-hydrogen) atoms. The Morgan fingerprint density at radius 1 is 0.968 bits per heavy atom. The van der Waals surface area contributed by atoms with Gasteiger partial charge in [0, 0.05) is 50.3 Å². The largest absolute Gasteiger partial charge is 0.491 e. The molecule has 0 unspecified atom stereocenters. The van der Waals surface area contributed by atoms with Crippen molar-refractivity contribution in [3.8, 4) is 5.75 Å². The van der Waals surface area contributed by atoms with Crippen molar-refractivity contribution in [2.45, 2.75) is 33.6 Å². The summed E-state index contributed by atoms with van der Waals surface area (Å²) in [5.74, 6) is 0.823. The average molecular weight is 433 g/mol. The fraction of sp³-hybridized carbons (Fsp3) is 0.640. The van der Waals surface area contributed by atoms with Gasteiger partial charge in [0.05, 0.1) is 26.4 Å². The van der Waals surface area contributed by atoms with Gasteiger partial charge in [-0.1, -0.05) is 32.6 Å². The summed E-state index contributed by atoms with van der Waals surface area (Å²) in [5, 5.41) is 0. The summed E-state index contributed by atoms with van der Waals surface area (Å²) in [6.45, 7) is 19.6. The third-order valence-electron chi connectivity index (χ3n) is 5.55. The van der Waals surface area contributed by atoms with Crippen LogP contribution in [0.2, 0.25) is 0 Å². The first-order valence-electron chi connectivity index (χ1n) is 11.6. The summed E-state index contributed by atoms with van der Waals surface area (Å²) in [5.41, 5.74) is 2.34. The standard InChI is InChI=1S/C25H40N2O4/c1-5-8-23(28)22-9-7-10-24(25(22)21(3)4)31-20-19-30-18-17-29-16-15-27-13-11-26(6-2)12-14-27/h7,9-10H,3,5-6,8,11-20H2,1-2,4H3. The Labute approximate surface area is 188 Å². The zero-order valence-electron chi connectivity index (χ0n) is 19.7. The van der Waals surface area contributed by atoms with E-state index < -0.39 is 0 Å². The molecule has 6 nitrogen and oxygen atoms in total. The van der Waals surface area contributed by atoms with E-state index in [4.69, 9.17) is 14.2 Å². The maximum atomic E-state index is 12.4. The van der Waals surface area contributed by atoms with Crippen LogP contribution in [0.3, 0.4) is 0 Å². The number of ketones is 1. The van der Waals surface area contributed by atoms with Gasteiger partial charge in [-0.15, -0.1) is 0 Å². The van der Waals surface area contributed by atoms with Crippen LogP contribution in [-0.4, -0.2) is 87.9 Å². The molecule has 1 aliphatic rings. The smallest absolute Gasteiger partial charge is 0.163 e. The summed E-state index contributed by atoms with van der Waals surface area (Å²) < 4.78 is 17.2. The van der Waals surface area contributed by atoms with Gasteiger partial charge in [0.15, 0.2) is 5.78 Å². The number of rotatable bonds is 15. The van der Waals surface area contributed by atoms with Crippen LogP contribution in [0.1, 0.15) is 49.5 Å². The lowest BCUT2D eigenvalue weighted by Crippen LogP contribution is -2.47. The van der Waals surface area contributed by atoms with Crippen LogP contribution in [0.15, 0.2) is 24.8 Å². The van der Waals surface area contributed by atoms with Crippen LogP contribution >= 0.6 is 0 Å². The van der Waals surface area contributed by atoms with Gasteiger partial charge in [-0.25, -0.2) is 0 Å². The van der Waals surface area contributed by atoms with E-state index in [0.29, 0.717) is 44.2 Å². The van der Waals surface area contributed by atoms with Crippen molar-refractivity contribution in [2.75, 3.05) is 72.3 Å². The Morgan fingerprint density at radius 3 is 2.26 bits per heavy atom. The first kappa shape index (κ1) is 25.5. The first-order chi connectivity index (χ1) is 15.1. The fourth-order valence-corrected chi connectivity index (χ4v) is 3.74. The van der Waals surface area contributed by atoms with Gasteiger partial charge >= 0.3 is 0 Å². The molecule has 1 saturated heterocycles. The number of nitrogens with zero attached hydrogens (tertiary/aromatic N) is 2. The van der Waals surface area contributed by atoms with Crippen molar-refractivity contribution >= 4 is 11.4 Å². The molecule has 1 fully saturated rings. The summed E-state index contributed by atoms with van der Waals surface area (Å²) in [4.78, 5) is 17.3. The number of benzene rings is 1. The highest BCUT2D eigenvalue weighted by molar-refractivity contribution is 6.01. The highest BCUT2D eigenvalue weighted by atomic mass is 16.5. The molecule has 0 atom stereocenters. The minimum absolute atomic E-state index is 0.131. The van der Waals surface area contributed by atoms with Crippen molar-refractivity contribution in [2.24, 2.45) is 0 Å². The SMILES string of the molecule is C=C(C)c1c(OCCOCCOCCN2CCN(CC)CC2)cccc1C(=O)CCC. The predicted molar refractivity (Wildman–Crippen MR) is 126 cm³/mol. The molecule has 0 aromatic heterocycles. The van der Waals surface area contributed by atoms with Crippen LogP contribution < -0.4 is 4.74 Å². The van der Waals surface area contributed by atoms with Gasteiger partial charge in [0.1, 0.15) is 12.4 Å². The maximum absolute atomic E-state index is 12.4. The van der Waals surface area contributed by atoms with Gasteiger partial charge < -0.3 is 19.1 Å². The number of piperazine rings is 1. The molecular formula is C25H40N2O4. The molecule has 2 rings (SSSR count). The molecule has 6 heteroatoms. The molecule has 0 amide bonds. The second-order valence-corrected chi connectivity index (χ2v) is 7.98. The number of ether oxygens (including phenoxy) is 3. The maximum Gasteiger partial charge on any atom is 0.163 e. The van der Waals surface area contributed by atoms with E-state index >= 15 is 0 Å². The van der Waals surface area contributed by atoms with Crippen molar-refractivity contribution in [1.82, 2.24) is 9.80 Å². The predicted octanol–water partition coefficient (Wildman–Crippen LogP) is 3.75. The minimum Gasteiger partial charge on any atom is -0.491 e. The lowest BCUT2D eigenvalue weighted by atomic mass is 9.96. The number of likely N-dealkylation sites (N-methyl/N-ethyl adjacent to an activating group) is 1. The van der Waals surface area contributed by atoms with Crippen molar-refractivity contribution in [3.05, 3.63) is 35.9 Å². The molecule has 0 bridgehead atoms.